The molecule has 3 N–H and O–H groups in total. The summed E-state index contributed by atoms with van der Waals surface area (Å²) in [6.07, 6.45) is 2.73. The largest absolute Gasteiger partial charge is 0.326 e. The van der Waals surface area contributed by atoms with Crippen molar-refractivity contribution < 1.29 is 8.42 Å². The van der Waals surface area contributed by atoms with Crippen LogP contribution >= 0.6 is 35.0 Å². The zero-order valence-corrected chi connectivity index (χ0v) is 13.6. The van der Waals surface area contributed by atoms with Crippen LogP contribution in [0.2, 0.25) is 10.0 Å². The highest BCUT2D eigenvalue weighted by Gasteiger charge is 2.19. The maximum atomic E-state index is 12.1. The lowest BCUT2D eigenvalue weighted by Gasteiger charge is -2.10. The van der Waals surface area contributed by atoms with Crippen LogP contribution in [0.4, 0.5) is 0 Å². The van der Waals surface area contributed by atoms with Gasteiger partial charge in [-0.2, -0.15) is 11.8 Å². The van der Waals surface area contributed by atoms with Crippen LogP contribution in [-0.2, 0) is 16.6 Å². The highest BCUT2D eigenvalue weighted by molar-refractivity contribution is 7.98. The van der Waals surface area contributed by atoms with Crippen molar-refractivity contribution in [2.45, 2.75) is 17.9 Å². The number of hydrogen-bond donors (Lipinski definition) is 2. The molecule has 0 fully saturated rings. The summed E-state index contributed by atoms with van der Waals surface area (Å²) < 4.78 is 26.7. The SMILES string of the molecule is CSCCCNS(=O)(=O)c1cc(CN)c(Cl)cc1Cl. The number of rotatable bonds is 7. The first-order chi connectivity index (χ1) is 8.92. The first kappa shape index (κ1) is 17.1. The highest BCUT2D eigenvalue weighted by atomic mass is 35.5. The van der Waals surface area contributed by atoms with Gasteiger partial charge in [-0.3, -0.25) is 0 Å². The van der Waals surface area contributed by atoms with Crippen LogP contribution in [0.25, 0.3) is 0 Å². The van der Waals surface area contributed by atoms with E-state index in [0.29, 0.717) is 17.1 Å². The predicted molar refractivity (Wildman–Crippen MR) is 82.5 cm³/mol. The second kappa shape index (κ2) is 7.71. The summed E-state index contributed by atoms with van der Waals surface area (Å²) in [5.74, 6) is 0.894. The Morgan fingerprint density at radius 1 is 1.32 bits per heavy atom. The molecule has 0 saturated carbocycles. The van der Waals surface area contributed by atoms with Crippen LogP contribution in [0, 0.1) is 0 Å². The molecule has 19 heavy (non-hydrogen) atoms. The molecular formula is C11H16Cl2N2O2S2. The molecule has 0 bridgehead atoms. The third-order valence-electron chi connectivity index (χ3n) is 2.43. The van der Waals surface area contributed by atoms with Crippen LogP contribution < -0.4 is 10.5 Å². The van der Waals surface area contributed by atoms with Crippen LogP contribution in [0.3, 0.4) is 0 Å². The Bertz CT molecular complexity index is 536. The number of nitrogens with two attached hydrogens (primary N) is 1. The minimum Gasteiger partial charge on any atom is -0.326 e. The summed E-state index contributed by atoms with van der Waals surface area (Å²) in [5.41, 5.74) is 6.06. The third kappa shape index (κ3) is 4.81. The first-order valence-corrected chi connectivity index (χ1v) is 9.22. The van der Waals surface area contributed by atoms with E-state index < -0.39 is 10.0 Å². The van der Waals surface area contributed by atoms with Gasteiger partial charge in [0.25, 0.3) is 0 Å². The fourth-order valence-electron chi connectivity index (χ4n) is 1.43. The molecule has 0 saturated heterocycles. The molecule has 108 valence electrons. The zero-order valence-electron chi connectivity index (χ0n) is 10.4. The van der Waals surface area contributed by atoms with Crippen molar-refractivity contribution >= 4 is 45.0 Å². The Morgan fingerprint density at radius 2 is 2.00 bits per heavy atom. The molecule has 0 aliphatic heterocycles. The van der Waals surface area contributed by atoms with E-state index in [1.807, 2.05) is 6.26 Å². The molecule has 0 spiro atoms. The first-order valence-electron chi connectivity index (χ1n) is 5.59. The van der Waals surface area contributed by atoms with E-state index in [2.05, 4.69) is 4.72 Å². The quantitative estimate of drug-likeness (QED) is 0.746. The van der Waals surface area contributed by atoms with Crippen molar-refractivity contribution in [3.8, 4) is 0 Å². The van der Waals surface area contributed by atoms with Gasteiger partial charge in [-0.1, -0.05) is 23.2 Å². The van der Waals surface area contributed by atoms with Crippen molar-refractivity contribution in [1.29, 1.82) is 0 Å². The van der Waals surface area contributed by atoms with Crippen molar-refractivity contribution in [3.05, 3.63) is 27.7 Å². The maximum absolute atomic E-state index is 12.1. The molecule has 0 unspecified atom stereocenters. The van der Waals surface area contributed by atoms with Crippen molar-refractivity contribution in [3.63, 3.8) is 0 Å². The van der Waals surface area contributed by atoms with Crippen LogP contribution in [0.15, 0.2) is 17.0 Å². The van der Waals surface area contributed by atoms with Gasteiger partial charge in [-0.15, -0.1) is 0 Å². The number of sulfonamides is 1. The molecule has 4 nitrogen and oxygen atoms in total. The fourth-order valence-corrected chi connectivity index (χ4v) is 3.81. The van der Waals surface area contributed by atoms with E-state index in [-0.39, 0.29) is 16.5 Å². The summed E-state index contributed by atoms with van der Waals surface area (Å²) in [4.78, 5) is 0.0168. The standard InChI is InChI=1S/C11H16Cl2N2O2S2/c1-18-4-2-3-15-19(16,17)11-5-8(7-14)9(12)6-10(11)13/h5-6,15H,2-4,7,14H2,1H3. The summed E-state index contributed by atoms with van der Waals surface area (Å²) in [5, 5.41) is 0.466. The van der Waals surface area contributed by atoms with Crippen molar-refractivity contribution in [2.24, 2.45) is 5.73 Å². The maximum Gasteiger partial charge on any atom is 0.242 e. The summed E-state index contributed by atoms with van der Waals surface area (Å²) in [6, 6.07) is 2.82. The molecule has 1 rings (SSSR count). The predicted octanol–water partition coefficient (Wildman–Crippen LogP) is 2.48. The van der Waals surface area contributed by atoms with Gasteiger partial charge in [-0.05, 0) is 36.1 Å². The second-order valence-corrected chi connectivity index (χ2v) is 7.36. The van der Waals surface area contributed by atoms with E-state index >= 15 is 0 Å². The molecule has 0 heterocycles. The fraction of sp³-hybridized carbons (Fsp3) is 0.455. The third-order valence-corrected chi connectivity index (χ3v) is 5.40. The van der Waals surface area contributed by atoms with Crippen molar-refractivity contribution in [2.75, 3.05) is 18.6 Å². The van der Waals surface area contributed by atoms with E-state index in [4.69, 9.17) is 28.9 Å². The topological polar surface area (TPSA) is 72.2 Å². The molecule has 0 amide bonds. The van der Waals surface area contributed by atoms with E-state index in [9.17, 15) is 8.42 Å². The van der Waals surface area contributed by atoms with Gasteiger partial charge in [0.2, 0.25) is 10.0 Å². The summed E-state index contributed by atoms with van der Waals surface area (Å²) >= 11 is 13.5. The Morgan fingerprint density at radius 3 is 2.58 bits per heavy atom. The van der Waals surface area contributed by atoms with Gasteiger partial charge < -0.3 is 5.73 Å². The average molecular weight is 343 g/mol. The number of hydrogen-bond acceptors (Lipinski definition) is 4. The molecule has 1 aromatic rings. The molecular weight excluding hydrogens is 327 g/mol. The van der Waals surface area contributed by atoms with E-state index in [0.717, 1.165) is 12.2 Å². The Labute approximate surface area is 128 Å². The minimum atomic E-state index is -3.63. The molecule has 0 aliphatic carbocycles. The van der Waals surface area contributed by atoms with Crippen LogP contribution in [0.5, 0.6) is 0 Å². The summed E-state index contributed by atoms with van der Waals surface area (Å²) in [6.45, 7) is 0.533. The van der Waals surface area contributed by atoms with Crippen LogP contribution in [0.1, 0.15) is 12.0 Å². The number of thioether (sulfide) groups is 1. The average Bonchev–Trinajstić information content (AvgIpc) is 2.34. The van der Waals surface area contributed by atoms with E-state index in [1.54, 1.807) is 11.8 Å². The number of nitrogens with one attached hydrogen (secondary N) is 1. The molecule has 0 atom stereocenters. The Kier molecular flexibility index (Phi) is 6.93. The minimum absolute atomic E-state index is 0.0168. The second-order valence-electron chi connectivity index (χ2n) is 3.82. The van der Waals surface area contributed by atoms with E-state index in [1.165, 1.54) is 12.1 Å². The van der Waals surface area contributed by atoms with Gasteiger partial charge >= 0.3 is 0 Å². The van der Waals surface area contributed by atoms with Gasteiger partial charge in [-0.25, -0.2) is 13.1 Å². The molecule has 0 aliphatic rings. The van der Waals surface area contributed by atoms with Gasteiger partial charge in [0.05, 0.1) is 5.02 Å². The Balaban J connectivity index is 2.94. The molecule has 1 aromatic carbocycles. The van der Waals surface area contributed by atoms with Crippen molar-refractivity contribution in [1.82, 2.24) is 4.72 Å². The smallest absolute Gasteiger partial charge is 0.242 e. The van der Waals surface area contributed by atoms with Gasteiger partial charge in [0, 0.05) is 18.1 Å². The van der Waals surface area contributed by atoms with Gasteiger partial charge in [0.15, 0.2) is 0 Å². The number of benzene rings is 1. The van der Waals surface area contributed by atoms with Gasteiger partial charge in [0.1, 0.15) is 4.90 Å². The lowest BCUT2D eigenvalue weighted by molar-refractivity contribution is 0.581. The molecule has 0 radical (unpaired) electrons. The monoisotopic (exact) mass is 342 g/mol. The summed E-state index contributed by atoms with van der Waals surface area (Å²) in [7, 11) is -3.63. The highest BCUT2D eigenvalue weighted by Crippen LogP contribution is 2.28. The molecule has 0 aromatic heterocycles. The lowest BCUT2D eigenvalue weighted by atomic mass is 10.2. The number of halogens is 2. The van der Waals surface area contributed by atoms with Crippen LogP contribution in [-0.4, -0.2) is 27.0 Å². The Hall–Kier alpha value is 0.0200. The zero-order chi connectivity index (χ0) is 14.5. The lowest BCUT2D eigenvalue weighted by Crippen LogP contribution is -2.25. The normalized spacial score (nSPS) is 11.8. The molecule has 8 heteroatoms.